The molecule has 88 valence electrons. The second kappa shape index (κ2) is 4.62. The Bertz CT molecular complexity index is 570. The molecule has 0 bridgehead atoms. The zero-order valence-electron chi connectivity index (χ0n) is 8.51. The van der Waals surface area contributed by atoms with E-state index < -0.39 is 4.92 Å². The van der Waals surface area contributed by atoms with E-state index in [2.05, 4.69) is 21.0 Å². The van der Waals surface area contributed by atoms with Crippen molar-refractivity contribution in [3.8, 4) is 0 Å². The van der Waals surface area contributed by atoms with Crippen LogP contribution < -0.4 is 0 Å². The van der Waals surface area contributed by atoms with Gasteiger partial charge >= 0.3 is 5.69 Å². The maximum atomic E-state index is 13.5. The van der Waals surface area contributed by atoms with Crippen molar-refractivity contribution in [2.75, 3.05) is 0 Å². The van der Waals surface area contributed by atoms with Gasteiger partial charge in [0.25, 0.3) is 0 Å². The third-order valence-corrected chi connectivity index (χ3v) is 2.67. The Kier molecular flexibility index (Phi) is 3.19. The zero-order valence-corrected chi connectivity index (χ0v) is 10.1. The number of hydrogen-bond acceptors (Lipinski definition) is 3. The average Bonchev–Trinajstić information content (AvgIpc) is 2.71. The Labute approximate surface area is 104 Å². The molecule has 17 heavy (non-hydrogen) atoms. The van der Waals surface area contributed by atoms with Gasteiger partial charge in [0.2, 0.25) is 0 Å². The van der Waals surface area contributed by atoms with Gasteiger partial charge in [0.1, 0.15) is 18.2 Å². The highest BCUT2D eigenvalue weighted by Gasteiger charge is 2.10. The van der Waals surface area contributed by atoms with Gasteiger partial charge in [-0.15, -0.1) is 0 Å². The highest BCUT2D eigenvalue weighted by Crippen LogP contribution is 2.17. The maximum Gasteiger partial charge on any atom is 0.307 e. The number of hydrogen-bond donors (Lipinski definition) is 0. The van der Waals surface area contributed by atoms with E-state index in [0.29, 0.717) is 10.0 Å². The summed E-state index contributed by atoms with van der Waals surface area (Å²) in [6.45, 7) is 0.160. The van der Waals surface area contributed by atoms with Crippen molar-refractivity contribution in [3.05, 3.63) is 56.6 Å². The summed E-state index contributed by atoms with van der Waals surface area (Å²) in [6, 6.07) is 4.65. The van der Waals surface area contributed by atoms with E-state index >= 15 is 0 Å². The molecule has 0 radical (unpaired) electrons. The molecule has 0 spiro atoms. The van der Waals surface area contributed by atoms with Gasteiger partial charge in [0, 0.05) is 10.0 Å². The zero-order chi connectivity index (χ0) is 12.4. The van der Waals surface area contributed by atoms with Gasteiger partial charge < -0.3 is 0 Å². The van der Waals surface area contributed by atoms with Crippen molar-refractivity contribution in [3.63, 3.8) is 0 Å². The number of rotatable bonds is 3. The minimum Gasteiger partial charge on any atom is -0.261 e. The van der Waals surface area contributed by atoms with Crippen LogP contribution in [0, 0.1) is 15.9 Å². The summed E-state index contributed by atoms with van der Waals surface area (Å²) in [7, 11) is 0. The minimum atomic E-state index is -0.540. The fraction of sp³-hybridized carbons (Fsp3) is 0.100. The minimum absolute atomic E-state index is 0.109. The predicted octanol–water partition coefficient (Wildman–Crippen LogP) is 2.74. The first kappa shape index (κ1) is 11.7. The molecule has 1 heterocycles. The average molecular weight is 300 g/mol. The van der Waals surface area contributed by atoms with Crippen molar-refractivity contribution in [1.82, 2.24) is 9.78 Å². The van der Waals surface area contributed by atoms with Crippen LogP contribution in [0.25, 0.3) is 0 Å². The van der Waals surface area contributed by atoms with Gasteiger partial charge in [-0.3, -0.25) is 14.8 Å². The Morgan fingerprint density at radius 1 is 1.53 bits per heavy atom. The summed E-state index contributed by atoms with van der Waals surface area (Å²) < 4.78 is 15.5. The maximum absolute atomic E-state index is 13.5. The van der Waals surface area contributed by atoms with Crippen LogP contribution in [0.4, 0.5) is 10.1 Å². The third-order valence-electron chi connectivity index (χ3n) is 2.18. The molecule has 0 fully saturated rings. The Balaban J connectivity index is 2.22. The summed E-state index contributed by atoms with van der Waals surface area (Å²) >= 11 is 3.15. The standard InChI is InChI=1S/C10H7BrFN3O2/c11-8-2-1-7(10(12)3-8)5-14-6-9(4-13-14)15(16)17/h1-4,6H,5H2. The number of nitrogens with zero attached hydrogens (tertiary/aromatic N) is 3. The fourth-order valence-corrected chi connectivity index (χ4v) is 1.69. The van der Waals surface area contributed by atoms with Crippen LogP contribution in [0.3, 0.4) is 0 Å². The van der Waals surface area contributed by atoms with Crippen molar-refractivity contribution in [2.45, 2.75) is 6.54 Å². The largest absolute Gasteiger partial charge is 0.307 e. The first-order valence-electron chi connectivity index (χ1n) is 4.67. The lowest BCUT2D eigenvalue weighted by molar-refractivity contribution is -0.385. The van der Waals surface area contributed by atoms with Crippen LogP contribution in [-0.4, -0.2) is 14.7 Å². The summed E-state index contributed by atoms with van der Waals surface area (Å²) in [4.78, 5) is 9.91. The Morgan fingerprint density at radius 3 is 2.88 bits per heavy atom. The van der Waals surface area contributed by atoms with E-state index in [1.54, 1.807) is 12.1 Å². The molecule has 0 saturated heterocycles. The van der Waals surface area contributed by atoms with E-state index in [1.807, 2.05) is 0 Å². The SMILES string of the molecule is O=[N+]([O-])c1cnn(Cc2ccc(Br)cc2F)c1. The number of halogens is 2. The van der Waals surface area contributed by atoms with E-state index in [1.165, 1.54) is 16.9 Å². The first-order valence-corrected chi connectivity index (χ1v) is 5.46. The lowest BCUT2D eigenvalue weighted by Gasteiger charge is -2.03. The van der Waals surface area contributed by atoms with Gasteiger partial charge in [-0.25, -0.2) is 4.39 Å². The Morgan fingerprint density at radius 2 is 2.29 bits per heavy atom. The number of aromatic nitrogens is 2. The molecule has 0 N–H and O–H groups in total. The van der Waals surface area contributed by atoms with Crippen LogP contribution in [0.15, 0.2) is 35.1 Å². The van der Waals surface area contributed by atoms with Crippen LogP contribution in [-0.2, 0) is 6.54 Å². The van der Waals surface area contributed by atoms with Crippen molar-refractivity contribution in [2.24, 2.45) is 0 Å². The lowest BCUT2D eigenvalue weighted by atomic mass is 10.2. The summed E-state index contributed by atoms with van der Waals surface area (Å²) in [5.74, 6) is -0.377. The van der Waals surface area contributed by atoms with Gasteiger partial charge in [-0.2, -0.15) is 5.10 Å². The van der Waals surface area contributed by atoms with Gasteiger partial charge in [-0.1, -0.05) is 22.0 Å². The quantitative estimate of drug-likeness (QED) is 0.647. The fourth-order valence-electron chi connectivity index (χ4n) is 1.36. The molecule has 0 saturated carbocycles. The van der Waals surface area contributed by atoms with Crippen LogP contribution in [0.5, 0.6) is 0 Å². The molecule has 5 nitrogen and oxygen atoms in total. The number of nitro groups is 1. The van der Waals surface area contributed by atoms with Gasteiger partial charge in [-0.05, 0) is 12.1 Å². The molecule has 7 heteroatoms. The van der Waals surface area contributed by atoms with Crippen molar-refractivity contribution >= 4 is 21.6 Å². The second-order valence-corrected chi connectivity index (χ2v) is 4.30. The lowest BCUT2D eigenvalue weighted by Crippen LogP contribution is -2.02. The van der Waals surface area contributed by atoms with Crippen molar-refractivity contribution < 1.29 is 9.31 Å². The van der Waals surface area contributed by atoms with E-state index in [9.17, 15) is 14.5 Å². The predicted molar refractivity (Wildman–Crippen MR) is 62.1 cm³/mol. The van der Waals surface area contributed by atoms with E-state index in [-0.39, 0.29) is 18.0 Å². The second-order valence-electron chi connectivity index (χ2n) is 3.39. The van der Waals surface area contributed by atoms with Gasteiger partial charge in [0.15, 0.2) is 0 Å². The molecule has 0 amide bonds. The molecule has 0 aliphatic heterocycles. The van der Waals surface area contributed by atoms with Crippen LogP contribution >= 0.6 is 15.9 Å². The highest BCUT2D eigenvalue weighted by atomic mass is 79.9. The summed E-state index contributed by atoms with van der Waals surface area (Å²) in [6.07, 6.45) is 2.40. The molecule has 0 atom stereocenters. The van der Waals surface area contributed by atoms with Crippen molar-refractivity contribution in [1.29, 1.82) is 0 Å². The molecule has 0 aliphatic rings. The van der Waals surface area contributed by atoms with E-state index in [4.69, 9.17) is 0 Å². The molecular formula is C10H7BrFN3O2. The van der Waals surface area contributed by atoms with Gasteiger partial charge in [0.05, 0.1) is 11.5 Å². The third kappa shape index (κ3) is 2.68. The molecule has 1 aromatic heterocycles. The number of benzene rings is 1. The smallest absolute Gasteiger partial charge is 0.261 e. The highest BCUT2D eigenvalue weighted by molar-refractivity contribution is 9.10. The molecule has 0 unspecified atom stereocenters. The van der Waals surface area contributed by atoms with Crippen LogP contribution in [0.1, 0.15) is 5.56 Å². The first-order chi connectivity index (χ1) is 8.06. The molecular weight excluding hydrogens is 293 g/mol. The molecule has 0 aliphatic carbocycles. The summed E-state index contributed by atoms with van der Waals surface area (Å²) in [5, 5.41) is 14.2. The Hall–Kier alpha value is -1.76. The normalized spacial score (nSPS) is 10.5. The van der Waals surface area contributed by atoms with E-state index in [0.717, 1.165) is 6.20 Å². The monoisotopic (exact) mass is 299 g/mol. The molecule has 2 aromatic rings. The van der Waals surface area contributed by atoms with Crippen LogP contribution in [0.2, 0.25) is 0 Å². The topological polar surface area (TPSA) is 61.0 Å². The molecule has 1 aromatic carbocycles. The molecule has 2 rings (SSSR count). The summed E-state index contributed by atoms with van der Waals surface area (Å²) in [5.41, 5.74) is 0.314.